The van der Waals surface area contributed by atoms with Gasteiger partial charge in [-0.25, -0.2) is 0 Å². The second kappa shape index (κ2) is 5.33. The molecule has 0 radical (unpaired) electrons. The topological polar surface area (TPSA) is 35.2 Å². The number of rotatable bonds is 2. The van der Waals surface area contributed by atoms with Crippen LogP contribution in [-0.4, -0.2) is 0 Å². The molecule has 0 fully saturated rings. The molecule has 0 spiro atoms. The van der Waals surface area contributed by atoms with Gasteiger partial charge in [-0.1, -0.05) is 23.2 Å². The molecule has 0 unspecified atom stereocenters. The molecule has 0 aliphatic rings. The van der Waals surface area contributed by atoms with E-state index in [1.807, 2.05) is 12.1 Å². The molecule has 0 amide bonds. The van der Waals surface area contributed by atoms with Gasteiger partial charge in [-0.05, 0) is 52.9 Å². The summed E-state index contributed by atoms with van der Waals surface area (Å²) in [5.74, 6) is 1.38. The van der Waals surface area contributed by atoms with Crippen molar-refractivity contribution in [3.63, 3.8) is 0 Å². The van der Waals surface area contributed by atoms with Crippen LogP contribution in [0.3, 0.4) is 0 Å². The number of halogens is 3. The molecule has 2 nitrogen and oxygen atoms in total. The van der Waals surface area contributed by atoms with Gasteiger partial charge >= 0.3 is 0 Å². The molecular weight excluding hydrogens is 372 g/mol. The Hall–Kier alpha value is -0.650. The van der Waals surface area contributed by atoms with Crippen LogP contribution in [0.2, 0.25) is 10.0 Å². The quantitative estimate of drug-likeness (QED) is 0.590. The molecule has 17 heavy (non-hydrogen) atoms. The van der Waals surface area contributed by atoms with E-state index < -0.39 is 0 Å². The molecule has 2 rings (SSSR count). The van der Waals surface area contributed by atoms with Crippen molar-refractivity contribution >= 4 is 51.5 Å². The lowest BCUT2D eigenvalue weighted by molar-refractivity contribution is 0.479. The summed E-state index contributed by atoms with van der Waals surface area (Å²) in [6, 6.07) is 10.6. The van der Waals surface area contributed by atoms with E-state index in [1.165, 1.54) is 0 Å². The maximum atomic E-state index is 5.91. The molecule has 0 aliphatic heterocycles. The zero-order valence-corrected chi connectivity index (χ0v) is 12.3. The van der Waals surface area contributed by atoms with E-state index in [4.69, 9.17) is 33.7 Å². The fourth-order valence-corrected chi connectivity index (χ4v) is 2.20. The largest absolute Gasteiger partial charge is 0.456 e. The number of benzene rings is 2. The fraction of sp³-hybridized carbons (Fsp3) is 0. The van der Waals surface area contributed by atoms with Crippen LogP contribution >= 0.6 is 45.8 Å². The highest BCUT2D eigenvalue weighted by Gasteiger charge is 2.05. The number of nitrogens with two attached hydrogens (primary N) is 1. The van der Waals surface area contributed by atoms with Crippen molar-refractivity contribution in [1.82, 2.24) is 0 Å². The van der Waals surface area contributed by atoms with Gasteiger partial charge < -0.3 is 10.5 Å². The maximum Gasteiger partial charge on any atom is 0.140 e. The third kappa shape index (κ3) is 3.18. The average Bonchev–Trinajstić information content (AvgIpc) is 2.27. The van der Waals surface area contributed by atoms with Gasteiger partial charge in [-0.3, -0.25) is 0 Å². The lowest BCUT2D eigenvalue weighted by atomic mass is 10.3. The zero-order valence-electron chi connectivity index (χ0n) is 8.58. The van der Waals surface area contributed by atoms with Crippen LogP contribution < -0.4 is 10.5 Å². The van der Waals surface area contributed by atoms with Gasteiger partial charge in [-0.15, -0.1) is 0 Å². The predicted molar refractivity (Wildman–Crippen MR) is 80.1 cm³/mol. The summed E-state index contributed by atoms with van der Waals surface area (Å²) < 4.78 is 6.63. The smallest absolute Gasteiger partial charge is 0.140 e. The SMILES string of the molecule is Nc1ccc(Oc2ccc(Cl)c(Cl)c2)c(I)c1. The summed E-state index contributed by atoms with van der Waals surface area (Å²) >= 11 is 13.9. The van der Waals surface area contributed by atoms with Crippen molar-refractivity contribution in [2.24, 2.45) is 0 Å². The highest BCUT2D eigenvalue weighted by Crippen LogP contribution is 2.32. The van der Waals surface area contributed by atoms with E-state index in [9.17, 15) is 0 Å². The van der Waals surface area contributed by atoms with Crippen LogP contribution in [-0.2, 0) is 0 Å². The van der Waals surface area contributed by atoms with E-state index in [1.54, 1.807) is 24.3 Å². The first kappa shape index (κ1) is 12.8. The third-order valence-corrected chi connectivity index (χ3v) is 3.66. The van der Waals surface area contributed by atoms with Gasteiger partial charge in [0.05, 0.1) is 13.6 Å². The molecule has 0 bridgehead atoms. The van der Waals surface area contributed by atoms with E-state index >= 15 is 0 Å². The molecule has 5 heteroatoms. The number of ether oxygens (including phenoxy) is 1. The first-order chi connectivity index (χ1) is 8.06. The van der Waals surface area contributed by atoms with Crippen molar-refractivity contribution < 1.29 is 4.74 Å². The third-order valence-electron chi connectivity index (χ3n) is 2.07. The zero-order chi connectivity index (χ0) is 12.4. The first-order valence-electron chi connectivity index (χ1n) is 4.74. The van der Waals surface area contributed by atoms with Crippen LogP contribution in [0, 0.1) is 3.57 Å². The van der Waals surface area contributed by atoms with Crippen molar-refractivity contribution in [2.45, 2.75) is 0 Å². The number of anilines is 1. The Balaban J connectivity index is 2.28. The van der Waals surface area contributed by atoms with Crippen molar-refractivity contribution in [1.29, 1.82) is 0 Å². The monoisotopic (exact) mass is 379 g/mol. The Bertz CT molecular complexity index is 560. The van der Waals surface area contributed by atoms with Crippen LogP contribution in [0.1, 0.15) is 0 Å². The van der Waals surface area contributed by atoms with Gasteiger partial charge in [0.25, 0.3) is 0 Å². The van der Waals surface area contributed by atoms with Gasteiger partial charge in [-0.2, -0.15) is 0 Å². The number of nitrogen functional groups attached to an aromatic ring is 1. The molecule has 0 aliphatic carbocycles. The Morgan fingerprint density at radius 2 is 1.76 bits per heavy atom. The Kier molecular flexibility index (Phi) is 4.01. The first-order valence-corrected chi connectivity index (χ1v) is 6.57. The normalized spacial score (nSPS) is 10.3. The van der Waals surface area contributed by atoms with E-state index in [0.717, 1.165) is 9.32 Å². The van der Waals surface area contributed by atoms with E-state index in [-0.39, 0.29) is 0 Å². The molecule has 2 N–H and O–H groups in total. The van der Waals surface area contributed by atoms with Crippen LogP contribution in [0.25, 0.3) is 0 Å². The van der Waals surface area contributed by atoms with Crippen LogP contribution in [0.5, 0.6) is 11.5 Å². The molecular formula is C12H8Cl2INO. The molecule has 0 saturated carbocycles. The molecule has 0 atom stereocenters. The molecule has 2 aromatic carbocycles. The highest BCUT2D eigenvalue weighted by atomic mass is 127. The Labute approximate surface area is 123 Å². The lowest BCUT2D eigenvalue weighted by Gasteiger charge is -2.09. The Morgan fingerprint density at radius 1 is 1.00 bits per heavy atom. The summed E-state index contributed by atoms with van der Waals surface area (Å²) in [5.41, 5.74) is 6.37. The summed E-state index contributed by atoms with van der Waals surface area (Å²) in [5, 5.41) is 0.973. The van der Waals surface area contributed by atoms with Crippen molar-refractivity contribution in [3.05, 3.63) is 50.0 Å². The van der Waals surface area contributed by atoms with E-state index in [2.05, 4.69) is 22.6 Å². The van der Waals surface area contributed by atoms with E-state index in [0.29, 0.717) is 21.5 Å². The molecule has 2 aromatic rings. The minimum atomic E-state index is 0.467. The lowest BCUT2D eigenvalue weighted by Crippen LogP contribution is -1.90. The standard InChI is InChI=1S/C12H8Cl2INO/c13-9-3-2-8(6-10(9)14)17-12-4-1-7(16)5-11(12)15/h1-6H,16H2. The van der Waals surface area contributed by atoms with Gasteiger partial charge in [0.2, 0.25) is 0 Å². The predicted octanol–water partition coefficient (Wildman–Crippen LogP) is 4.97. The minimum Gasteiger partial charge on any atom is -0.456 e. The number of hydrogen-bond donors (Lipinski definition) is 1. The minimum absolute atomic E-state index is 0.467. The van der Waals surface area contributed by atoms with Crippen molar-refractivity contribution in [3.8, 4) is 11.5 Å². The van der Waals surface area contributed by atoms with Gasteiger partial charge in [0, 0.05) is 11.8 Å². The summed E-state index contributed by atoms with van der Waals surface area (Å²) in [7, 11) is 0. The summed E-state index contributed by atoms with van der Waals surface area (Å²) in [6.07, 6.45) is 0. The Morgan fingerprint density at radius 3 is 2.41 bits per heavy atom. The van der Waals surface area contributed by atoms with Gasteiger partial charge in [0.15, 0.2) is 0 Å². The molecule has 0 aromatic heterocycles. The maximum absolute atomic E-state index is 5.91. The summed E-state index contributed by atoms with van der Waals surface area (Å²) in [4.78, 5) is 0. The average molecular weight is 380 g/mol. The fourth-order valence-electron chi connectivity index (χ4n) is 1.27. The second-order valence-corrected chi connectivity index (χ2v) is 5.34. The second-order valence-electron chi connectivity index (χ2n) is 3.37. The van der Waals surface area contributed by atoms with Crippen molar-refractivity contribution in [2.75, 3.05) is 5.73 Å². The van der Waals surface area contributed by atoms with Gasteiger partial charge in [0.1, 0.15) is 11.5 Å². The molecule has 0 heterocycles. The molecule has 0 saturated heterocycles. The highest BCUT2D eigenvalue weighted by molar-refractivity contribution is 14.1. The van der Waals surface area contributed by atoms with Crippen LogP contribution in [0.4, 0.5) is 5.69 Å². The number of hydrogen-bond acceptors (Lipinski definition) is 2. The summed E-state index contributed by atoms with van der Waals surface area (Å²) in [6.45, 7) is 0. The van der Waals surface area contributed by atoms with Crippen LogP contribution in [0.15, 0.2) is 36.4 Å². The molecule has 88 valence electrons.